The van der Waals surface area contributed by atoms with Gasteiger partial charge in [0.25, 0.3) is 0 Å². The van der Waals surface area contributed by atoms with Crippen LogP contribution in [0.4, 0.5) is 0 Å². The number of aromatic nitrogens is 4. The van der Waals surface area contributed by atoms with Gasteiger partial charge in [0.05, 0.1) is 22.4 Å². The van der Waals surface area contributed by atoms with E-state index in [1.54, 1.807) is 6.33 Å². The van der Waals surface area contributed by atoms with Crippen molar-refractivity contribution >= 4 is 22.1 Å². The van der Waals surface area contributed by atoms with Crippen LogP contribution in [0.3, 0.4) is 0 Å². The highest BCUT2D eigenvalue weighted by molar-refractivity contribution is 6.00. The molecule has 0 amide bonds. The summed E-state index contributed by atoms with van der Waals surface area (Å²) in [7, 11) is 0. The number of fused-ring (bicyclic) bond motifs is 2. The molecule has 0 atom stereocenters. The van der Waals surface area contributed by atoms with Gasteiger partial charge < -0.3 is 9.97 Å². The minimum absolute atomic E-state index is 0.337. The monoisotopic (exact) mass is 281 g/mol. The van der Waals surface area contributed by atoms with Gasteiger partial charge in [0, 0.05) is 0 Å². The number of aryl methyl sites for hydroxylation is 2. The Morgan fingerprint density at radius 3 is 1.86 bits per heavy atom. The maximum Gasteiger partial charge on any atom is 0.0930 e. The summed E-state index contributed by atoms with van der Waals surface area (Å²) in [5.41, 5.74) is 8.25. The minimum Gasteiger partial charge on any atom is -0.443 e. The predicted molar refractivity (Wildman–Crippen MR) is 85.8 cm³/mol. The lowest BCUT2D eigenvalue weighted by molar-refractivity contribution is 0.860. The van der Waals surface area contributed by atoms with Gasteiger partial charge in [-0.15, -0.1) is 0 Å². The quantitative estimate of drug-likeness (QED) is 0.712. The average Bonchev–Trinajstić information content (AvgIpc) is 2.84. The van der Waals surface area contributed by atoms with E-state index in [1.165, 1.54) is 0 Å². The van der Waals surface area contributed by atoms with Crippen LogP contribution in [0.25, 0.3) is 22.1 Å². The van der Waals surface area contributed by atoms with E-state index in [4.69, 9.17) is 9.97 Å². The van der Waals surface area contributed by atoms with E-state index in [1.807, 2.05) is 13.8 Å². The van der Waals surface area contributed by atoms with E-state index in [2.05, 4.69) is 37.7 Å². The molecule has 110 valence electrons. The molecule has 3 rings (SSSR count). The molecule has 21 heavy (non-hydrogen) atoms. The van der Waals surface area contributed by atoms with Crippen LogP contribution in [0, 0.1) is 13.8 Å². The average molecular weight is 281 g/mol. The molecule has 3 aromatic rings. The van der Waals surface area contributed by atoms with Crippen molar-refractivity contribution in [3.05, 3.63) is 28.8 Å². The van der Waals surface area contributed by atoms with Crippen molar-refractivity contribution in [3.63, 3.8) is 0 Å². The van der Waals surface area contributed by atoms with Crippen LogP contribution < -0.4 is 4.98 Å². The Labute approximate surface area is 125 Å². The minimum atomic E-state index is 0.337. The van der Waals surface area contributed by atoms with Gasteiger partial charge in [-0.05, 0) is 47.8 Å². The third-order valence-electron chi connectivity index (χ3n) is 4.08. The number of rotatable bonds is 2. The first-order chi connectivity index (χ1) is 9.91. The van der Waals surface area contributed by atoms with Gasteiger partial charge >= 0.3 is 0 Å². The molecule has 0 saturated heterocycles. The van der Waals surface area contributed by atoms with Crippen molar-refractivity contribution in [1.82, 2.24) is 19.9 Å². The van der Waals surface area contributed by atoms with Gasteiger partial charge in [-0.3, -0.25) is 0 Å². The Morgan fingerprint density at radius 1 is 0.810 bits per heavy atom. The first kappa shape index (κ1) is 14.0. The number of hydrogen-bond donors (Lipinski definition) is 0. The van der Waals surface area contributed by atoms with Crippen molar-refractivity contribution in [2.24, 2.45) is 0 Å². The molecule has 0 bridgehead atoms. The fourth-order valence-electron chi connectivity index (χ4n) is 2.96. The molecule has 1 aromatic carbocycles. The summed E-state index contributed by atoms with van der Waals surface area (Å²) in [6.07, 6.45) is 1.65. The van der Waals surface area contributed by atoms with Crippen LogP contribution >= 0.6 is 0 Å². The standard InChI is InChI=1S/C17H21N4/c1-8(2)12-14-15(19-7-18-14)13(9(3)4)17-16(12)20-10(5)11(6)21-17/h7-9H,1-6H3/q-1. The first-order valence-electron chi connectivity index (χ1n) is 7.49. The smallest absolute Gasteiger partial charge is 0.0930 e. The molecule has 0 radical (unpaired) electrons. The van der Waals surface area contributed by atoms with Crippen LogP contribution in [0.2, 0.25) is 0 Å². The van der Waals surface area contributed by atoms with Crippen LogP contribution in [0.5, 0.6) is 0 Å². The lowest BCUT2D eigenvalue weighted by Crippen LogP contribution is -2.05. The highest BCUT2D eigenvalue weighted by Gasteiger charge is 2.18. The van der Waals surface area contributed by atoms with E-state index >= 15 is 0 Å². The molecule has 0 aliphatic carbocycles. The van der Waals surface area contributed by atoms with Crippen LogP contribution in [-0.4, -0.2) is 15.0 Å². The van der Waals surface area contributed by atoms with Crippen molar-refractivity contribution in [1.29, 1.82) is 0 Å². The third kappa shape index (κ3) is 2.01. The van der Waals surface area contributed by atoms with Crippen molar-refractivity contribution in [2.75, 3.05) is 0 Å². The van der Waals surface area contributed by atoms with Crippen molar-refractivity contribution < 1.29 is 0 Å². The van der Waals surface area contributed by atoms with Crippen LogP contribution in [0.1, 0.15) is 62.0 Å². The molecule has 2 heterocycles. The summed E-state index contributed by atoms with van der Waals surface area (Å²) < 4.78 is 0. The summed E-state index contributed by atoms with van der Waals surface area (Å²) in [4.78, 5) is 18.7. The number of hydrogen-bond acceptors (Lipinski definition) is 3. The molecule has 0 unspecified atom stereocenters. The molecule has 0 saturated carbocycles. The highest BCUT2D eigenvalue weighted by atomic mass is 14.9. The molecule has 0 N–H and O–H groups in total. The molecule has 0 aliphatic rings. The maximum atomic E-state index is 4.84. The molecular formula is C17H21N4-. The molecule has 0 spiro atoms. The molecule has 4 heteroatoms. The van der Waals surface area contributed by atoms with Gasteiger partial charge in [-0.25, -0.2) is 9.97 Å². The van der Waals surface area contributed by atoms with E-state index in [-0.39, 0.29) is 0 Å². The third-order valence-corrected chi connectivity index (χ3v) is 4.08. The van der Waals surface area contributed by atoms with E-state index < -0.39 is 0 Å². The lowest BCUT2D eigenvalue weighted by Gasteiger charge is -2.20. The molecule has 0 aliphatic heterocycles. The summed E-state index contributed by atoms with van der Waals surface area (Å²) in [6.45, 7) is 12.7. The zero-order valence-corrected chi connectivity index (χ0v) is 13.5. The summed E-state index contributed by atoms with van der Waals surface area (Å²) in [5, 5.41) is 0. The van der Waals surface area contributed by atoms with Gasteiger partial charge in [-0.1, -0.05) is 34.0 Å². The molecule has 4 nitrogen and oxygen atoms in total. The number of nitrogens with zero attached hydrogens (tertiary/aromatic N) is 4. The number of imidazole rings is 1. The van der Waals surface area contributed by atoms with Gasteiger partial charge in [-0.2, -0.15) is 0 Å². The Bertz CT molecular complexity index is 760. The van der Waals surface area contributed by atoms with Crippen LogP contribution in [-0.2, 0) is 0 Å². The van der Waals surface area contributed by atoms with Crippen molar-refractivity contribution in [2.45, 2.75) is 53.4 Å². The normalized spacial score (nSPS) is 12.2. The molecular weight excluding hydrogens is 260 g/mol. The molecule has 2 aromatic heterocycles. The second kappa shape index (κ2) is 4.79. The summed E-state index contributed by atoms with van der Waals surface area (Å²) in [6, 6.07) is 0. The van der Waals surface area contributed by atoms with E-state index in [0.29, 0.717) is 11.8 Å². The topological polar surface area (TPSA) is 52.8 Å². The summed E-state index contributed by atoms with van der Waals surface area (Å²) >= 11 is 0. The Kier molecular flexibility index (Phi) is 3.19. The Balaban J connectivity index is 2.62. The van der Waals surface area contributed by atoms with Gasteiger partial charge in [0.1, 0.15) is 0 Å². The highest BCUT2D eigenvalue weighted by Crippen LogP contribution is 2.36. The summed E-state index contributed by atoms with van der Waals surface area (Å²) in [5.74, 6) is 0.675. The second-order valence-electron chi connectivity index (χ2n) is 6.30. The van der Waals surface area contributed by atoms with Crippen molar-refractivity contribution in [3.8, 4) is 0 Å². The Hall–Kier alpha value is -1.97. The fraction of sp³-hybridized carbons (Fsp3) is 0.471. The van der Waals surface area contributed by atoms with E-state index in [0.717, 1.165) is 44.6 Å². The number of benzene rings is 1. The SMILES string of the molecule is Cc1nc2c(C(C)C)c3nc[n-]c3c(C(C)C)c2nc1C. The van der Waals surface area contributed by atoms with Gasteiger partial charge in [0.2, 0.25) is 0 Å². The van der Waals surface area contributed by atoms with Gasteiger partial charge in [0.15, 0.2) is 0 Å². The lowest BCUT2D eigenvalue weighted by atomic mass is 9.92. The molecule has 0 fully saturated rings. The first-order valence-corrected chi connectivity index (χ1v) is 7.49. The van der Waals surface area contributed by atoms with Crippen LogP contribution in [0.15, 0.2) is 6.33 Å². The second-order valence-corrected chi connectivity index (χ2v) is 6.30. The zero-order chi connectivity index (χ0) is 15.3. The maximum absolute atomic E-state index is 4.84. The predicted octanol–water partition coefficient (Wildman–Crippen LogP) is 4.00. The van der Waals surface area contributed by atoms with E-state index in [9.17, 15) is 0 Å². The largest absolute Gasteiger partial charge is 0.443 e. The fourth-order valence-corrected chi connectivity index (χ4v) is 2.96. The zero-order valence-electron chi connectivity index (χ0n) is 13.5. The Morgan fingerprint density at radius 2 is 1.33 bits per heavy atom.